The summed E-state index contributed by atoms with van der Waals surface area (Å²) < 4.78 is 0. The van der Waals surface area contributed by atoms with Crippen LogP contribution in [0.15, 0.2) is 37.5 Å². The van der Waals surface area contributed by atoms with Crippen molar-refractivity contribution >= 4 is 0 Å². The van der Waals surface area contributed by atoms with Crippen LogP contribution in [0.3, 0.4) is 0 Å². The molecule has 1 nitrogen and oxygen atoms in total. The van der Waals surface area contributed by atoms with E-state index in [9.17, 15) is 0 Å². The van der Waals surface area contributed by atoms with Gasteiger partial charge in [0.1, 0.15) is 0 Å². The smallest absolute Gasteiger partial charge is 0.00775 e. The molecule has 0 unspecified atom stereocenters. The van der Waals surface area contributed by atoms with Gasteiger partial charge in [0.05, 0.1) is 0 Å². The molecule has 1 heteroatoms. The lowest BCUT2D eigenvalue weighted by molar-refractivity contribution is 0.762. The summed E-state index contributed by atoms with van der Waals surface area (Å²) in [6.07, 6.45) is 8.32. The molecule has 0 fully saturated rings. The minimum absolute atomic E-state index is 1.09. The van der Waals surface area contributed by atoms with E-state index in [1.807, 2.05) is 26.0 Å². The molecule has 0 atom stereocenters. The predicted molar refractivity (Wildman–Crippen MR) is 81.1 cm³/mol. The minimum Gasteiger partial charge on any atom is -0.317 e. The van der Waals surface area contributed by atoms with E-state index in [1.54, 1.807) is 12.2 Å². The highest BCUT2D eigenvalue weighted by Gasteiger charge is 1.62. The van der Waals surface area contributed by atoms with Crippen LogP contribution in [0.4, 0.5) is 0 Å². The Morgan fingerprint density at radius 2 is 1.06 bits per heavy atom. The minimum atomic E-state index is 1.09. The molecule has 0 saturated carbocycles. The molecule has 0 bridgehead atoms. The SMILES string of the molecule is C=C/C=C\C=C.CC.CCC.CCNCC. The number of hydrogen-bond acceptors (Lipinski definition) is 1. The van der Waals surface area contributed by atoms with Gasteiger partial charge in [-0.2, -0.15) is 0 Å². The Balaban J connectivity index is -0.0000000653. The van der Waals surface area contributed by atoms with Gasteiger partial charge in [0, 0.05) is 0 Å². The Hall–Kier alpha value is -0.820. The Morgan fingerprint density at radius 3 is 1.12 bits per heavy atom. The van der Waals surface area contributed by atoms with Gasteiger partial charge in [0.2, 0.25) is 0 Å². The largest absolute Gasteiger partial charge is 0.317 e. The number of hydrogen-bond donors (Lipinski definition) is 1. The Kier molecular flexibility index (Phi) is 72.9. The standard InChI is InChI=1S/C6H8.C4H11N.C3H8.C2H6/c1-3-5-6-4-2;1-3-5-4-2;1-3-2;1-2/h3-6H,1-2H2;5H,3-4H2,1-2H3;3H2,1-2H3;1-2H3/b6-5-;;;. The normalized spacial score (nSPS) is 7.38. The molecule has 0 aromatic rings. The molecule has 0 aromatic carbocycles. The summed E-state index contributed by atoms with van der Waals surface area (Å²) in [6.45, 7) is 21.6. The quantitative estimate of drug-likeness (QED) is 0.668. The van der Waals surface area contributed by atoms with E-state index >= 15 is 0 Å². The first kappa shape index (κ1) is 24.4. The van der Waals surface area contributed by atoms with E-state index in [0.29, 0.717) is 0 Å². The number of allylic oxidation sites excluding steroid dienone is 4. The van der Waals surface area contributed by atoms with Gasteiger partial charge in [-0.3, -0.25) is 0 Å². The molecule has 0 radical (unpaired) electrons. The van der Waals surface area contributed by atoms with Gasteiger partial charge >= 0.3 is 0 Å². The van der Waals surface area contributed by atoms with E-state index in [1.165, 1.54) is 6.42 Å². The second kappa shape index (κ2) is 47.8. The molecule has 0 spiro atoms. The van der Waals surface area contributed by atoms with Crippen molar-refractivity contribution in [1.82, 2.24) is 5.32 Å². The second-order valence-corrected chi connectivity index (χ2v) is 2.52. The summed E-state index contributed by atoms with van der Waals surface area (Å²) in [5.41, 5.74) is 0. The maximum atomic E-state index is 3.46. The fourth-order valence-electron chi connectivity index (χ4n) is 0.407. The second-order valence-electron chi connectivity index (χ2n) is 2.52. The van der Waals surface area contributed by atoms with Gasteiger partial charge < -0.3 is 5.32 Å². The van der Waals surface area contributed by atoms with E-state index in [0.717, 1.165) is 13.1 Å². The molecule has 0 rings (SSSR count). The van der Waals surface area contributed by atoms with Crippen molar-refractivity contribution in [3.63, 3.8) is 0 Å². The van der Waals surface area contributed by atoms with Crippen molar-refractivity contribution in [2.24, 2.45) is 0 Å². The third-order valence-corrected chi connectivity index (χ3v) is 0.883. The highest BCUT2D eigenvalue weighted by molar-refractivity contribution is 5.05. The first-order valence-corrected chi connectivity index (χ1v) is 6.35. The Morgan fingerprint density at radius 1 is 0.812 bits per heavy atom. The summed E-state index contributed by atoms with van der Waals surface area (Å²) in [5.74, 6) is 0. The fourth-order valence-corrected chi connectivity index (χ4v) is 0.407. The molecule has 98 valence electrons. The highest BCUT2D eigenvalue weighted by Crippen LogP contribution is 1.69. The lowest BCUT2D eigenvalue weighted by Crippen LogP contribution is -2.09. The maximum absolute atomic E-state index is 3.46. The van der Waals surface area contributed by atoms with Crippen molar-refractivity contribution in [2.75, 3.05) is 13.1 Å². The summed E-state index contributed by atoms with van der Waals surface area (Å²) in [7, 11) is 0. The molecular formula is C15H33N. The zero-order valence-corrected chi connectivity index (χ0v) is 12.3. The van der Waals surface area contributed by atoms with Crippen LogP contribution >= 0.6 is 0 Å². The van der Waals surface area contributed by atoms with Gasteiger partial charge in [0.25, 0.3) is 0 Å². The van der Waals surface area contributed by atoms with Crippen LogP contribution in [0, 0.1) is 0 Å². The molecule has 0 saturated heterocycles. The van der Waals surface area contributed by atoms with E-state index < -0.39 is 0 Å². The Bertz CT molecular complexity index is 103. The van der Waals surface area contributed by atoms with E-state index in [4.69, 9.17) is 0 Å². The maximum Gasteiger partial charge on any atom is -0.00775 e. The van der Waals surface area contributed by atoms with Gasteiger partial charge in [-0.15, -0.1) is 0 Å². The van der Waals surface area contributed by atoms with Crippen LogP contribution in [-0.4, -0.2) is 13.1 Å². The average molecular weight is 227 g/mol. The lowest BCUT2D eigenvalue weighted by Gasteiger charge is -1.86. The van der Waals surface area contributed by atoms with Crippen molar-refractivity contribution in [2.45, 2.75) is 48.0 Å². The van der Waals surface area contributed by atoms with E-state index in [-0.39, 0.29) is 0 Å². The zero-order valence-electron chi connectivity index (χ0n) is 12.3. The summed E-state index contributed by atoms with van der Waals surface area (Å²) >= 11 is 0. The van der Waals surface area contributed by atoms with Gasteiger partial charge in [0.15, 0.2) is 0 Å². The topological polar surface area (TPSA) is 12.0 Å². The fraction of sp³-hybridized carbons (Fsp3) is 0.600. The number of nitrogens with one attached hydrogen (secondary N) is 1. The van der Waals surface area contributed by atoms with Crippen LogP contribution in [0.2, 0.25) is 0 Å². The lowest BCUT2D eigenvalue weighted by atomic mass is 10.5. The van der Waals surface area contributed by atoms with Crippen LogP contribution < -0.4 is 5.32 Å². The molecule has 0 aliphatic heterocycles. The molecular weight excluding hydrogens is 194 g/mol. The summed E-state index contributed by atoms with van der Waals surface area (Å²) in [4.78, 5) is 0. The van der Waals surface area contributed by atoms with Gasteiger partial charge in [-0.05, 0) is 13.1 Å². The van der Waals surface area contributed by atoms with Crippen molar-refractivity contribution < 1.29 is 0 Å². The van der Waals surface area contributed by atoms with Crippen LogP contribution in [0.25, 0.3) is 0 Å². The average Bonchev–Trinajstić information content (AvgIpc) is 2.32. The molecule has 0 amide bonds. The molecule has 0 heterocycles. The van der Waals surface area contributed by atoms with Gasteiger partial charge in [-0.1, -0.05) is 85.4 Å². The van der Waals surface area contributed by atoms with Crippen molar-refractivity contribution in [1.29, 1.82) is 0 Å². The van der Waals surface area contributed by atoms with E-state index in [2.05, 4.69) is 46.2 Å². The van der Waals surface area contributed by atoms with Gasteiger partial charge in [-0.25, -0.2) is 0 Å². The zero-order chi connectivity index (χ0) is 13.7. The summed E-state index contributed by atoms with van der Waals surface area (Å²) in [6, 6.07) is 0. The van der Waals surface area contributed by atoms with Crippen molar-refractivity contribution in [3.8, 4) is 0 Å². The predicted octanol–water partition coefficient (Wildman–Crippen LogP) is 4.97. The van der Waals surface area contributed by atoms with Crippen LogP contribution in [0.5, 0.6) is 0 Å². The summed E-state index contributed by atoms with van der Waals surface area (Å²) in [5, 5.41) is 3.11. The van der Waals surface area contributed by atoms with Crippen molar-refractivity contribution in [3.05, 3.63) is 37.5 Å². The monoisotopic (exact) mass is 227 g/mol. The molecule has 0 aliphatic carbocycles. The molecule has 1 N–H and O–H groups in total. The van der Waals surface area contributed by atoms with Crippen LogP contribution in [0.1, 0.15) is 48.0 Å². The first-order valence-electron chi connectivity index (χ1n) is 6.35. The Labute approximate surface area is 104 Å². The first-order chi connectivity index (χ1) is 7.74. The highest BCUT2D eigenvalue weighted by atomic mass is 14.8. The molecule has 0 aliphatic rings. The third-order valence-electron chi connectivity index (χ3n) is 0.883. The molecule has 16 heavy (non-hydrogen) atoms. The third kappa shape index (κ3) is 112. The molecule has 0 aromatic heterocycles. The van der Waals surface area contributed by atoms with Crippen LogP contribution in [-0.2, 0) is 0 Å². The number of rotatable bonds is 4.